The number of hydrogen-bond acceptors (Lipinski definition) is 3. The number of oxazole rings is 1. The smallest absolute Gasteiger partial charge is 0.276 e. The monoisotopic (exact) mass is 281 g/mol. The molecule has 2 aromatic carbocycles. The molecular formula is C16H11NO2S. The number of fused-ring (bicyclic) bond motifs is 1. The Morgan fingerprint density at radius 2 is 1.75 bits per heavy atom. The molecule has 3 aromatic rings. The van der Waals surface area contributed by atoms with Crippen molar-refractivity contribution in [2.24, 2.45) is 0 Å². The van der Waals surface area contributed by atoms with Gasteiger partial charge in [-0.05, 0) is 36.0 Å². The van der Waals surface area contributed by atoms with Gasteiger partial charge in [0.05, 0.1) is 5.52 Å². The summed E-state index contributed by atoms with van der Waals surface area (Å²) < 4.78 is 6.79. The Labute approximate surface area is 120 Å². The maximum absolute atomic E-state index is 12.3. The fourth-order valence-electron chi connectivity index (χ4n) is 1.98. The highest BCUT2D eigenvalue weighted by atomic mass is 32.1. The lowest BCUT2D eigenvalue weighted by Gasteiger charge is -1.97. The summed E-state index contributed by atoms with van der Waals surface area (Å²) in [6.07, 6.45) is 3.25. The highest BCUT2D eigenvalue weighted by molar-refractivity contribution is 7.71. The lowest BCUT2D eigenvalue weighted by atomic mass is 10.2. The summed E-state index contributed by atoms with van der Waals surface area (Å²) in [6.45, 7) is 0. The number of rotatable bonds is 2. The Morgan fingerprint density at radius 3 is 2.55 bits per heavy atom. The fraction of sp³-hybridized carbons (Fsp3) is 0. The fourth-order valence-corrected chi connectivity index (χ4v) is 2.26. The molecule has 3 nitrogen and oxygen atoms in total. The van der Waals surface area contributed by atoms with E-state index in [0.717, 1.165) is 5.56 Å². The second-order valence-corrected chi connectivity index (χ2v) is 4.60. The zero-order valence-electron chi connectivity index (χ0n) is 10.5. The predicted molar refractivity (Wildman–Crippen MR) is 81.1 cm³/mol. The molecule has 0 fully saturated rings. The van der Waals surface area contributed by atoms with Crippen LogP contribution in [0.5, 0.6) is 0 Å². The lowest BCUT2D eigenvalue weighted by Crippen LogP contribution is -2.06. The van der Waals surface area contributed by atoms with Gasteiger partial charge in [-0.15, -0.1) is 0 Å². The molecule has 4 heteroatoms. The van der Waals surface area contributed by atoms with E-state index in [1.165, 1.54) is 10.6 Å². The standard InChI is InChI=1S/C16H11NO2S/c18-15(11-10-12-6-2-1-3-7-12)17-13-8-4-5-9-14(13)19-16(17)20/h1-11H/b11-10+. The summed E-state index contributed by atoms with van der Waals surface area (Å²) in [5.74, 6) is -0.219. The number of para-hydroxylation sites is 2. The number of carbonyl (C=O) groups excluding carboxylic acids is 1. The van der Waals surface area contributed by atoms with E-state index in [2.05, 4.69) is 0 Å². The van der Waals surface area contributed by atoms with E-state index in [1.54, 1.807) is 12.1 Å². The highest BCUT2D eigenvalue weighted by Crippen LogP contribution is 2.17. The van der Waals surface area contributed by atoms with Gasteiger partial charge in [-0.1, -0.05) is 42.5 Å². The van der Waals surface area contributed by atoms with Gasteiger partial charge < -0.3 is 4.42 Å². The van der Waals surface area contributed by atoms with Gasteiger partial charge in [0.25, 0.3) is 10.7 Å². The van der Waals surface area contributed by atoms with Crippen molar-refractivity contribution >= 4 is 35.3 Å². The normalized spacial score (nSPS) is 11.2. The number of allylic oxidation sites excluding steroid dienone is 1. The van der Waals surface area contributed by atoms with Crippen LogP contribution in [0, 0.1) is 4.84 Å². The topological polar surface area (TPSA) is 35.1 Å². The molecule has 0 aliphatic heterocycles. The average molecular weight is 281 g/mol. The van der Waals surface area contributed by atoms with Gasteiger partial charge in [-0.25, -0.2) is 4.57 Å². The summed E-state index contributed by atoms with van der Waals surface area (Å²) in [7, 11) is 0. The molecule has 0 aliphatic carbocycles. The first kappa shape index (κ1) is 12.6. The van der Waals surface area contributed by atoms with Gasteiger partial charge >= 0.3 is 0 Å². The van der Waals surface area contributed by atoms with Crippen molar-refractivity contribution in [3.63, 3.8) is 0 Å². The third-order valence-corrected chi connectivity index (χ3v) is 3.19. The molecule has 0 amide bonds. The number of carbonyl (C=O) groups is 1. The van der Waals surface area contributed by atoms with Crippen LogP contribution in [0.3, 0.4) is 0 Å². The van der Waals surface area contributed by atoms with Crippen LogP contribution in [0.25, 0.3) is 17.2 Å². The molecular weight excluding hydrogens is 270 g/mol. The van der Waals surface area contributed by atoms with Crippen LogP contribution < -0.4 is 0 Å². The van der Waals surface area contributed by atoms with Crippen molar-refractivity contribution in [2.75, 3.05) is 0 Å². The summed E-state index contributed by atoms with van der Waals surface area (Å²) >= 11 is 5.10. The molecule has 0 N–H and O–H groups in total. The Hall–Kier alpha value is -2.46. The van der Waals surface area contributed by atoms with E-state index < -0.39 is 0 Å². The second-order valence-electron chi connectivity index (χ2n) is 4.25. The van der Waals surface area contributed by atoms with E-state index in [4.69, 9.17) is 16.6 Å². The van der Waals surface area contributed by atoms with Crippen LogP contribution in [-0.4, -0.2) is 10.5 Å². The number of aromatic nitrogens is 1. The van der Waals surface area contributed by atoms with Crippen molar-refractivity contribution in [1.82, 2.24) is 4.57 Å². The molecule has 1 heterocycles. The summed E-state index contributed by atoms with van der Waals surface area (Å²) in [6, 6.07) is 16.9. The molecule has 3 rings (SSSR count). The molecule has 0 aliphatic rings. The van der Waals surface area contributed by atoms with E-state index in [9.17, 15) is 4.79 Å². The molecule has 0 spiro atoms. The Morgan fingerprint density at radius 1 is 1.05 bits per heavy atom. The Kier molecular flexibility index (Phi) is 3.31. The van der Waals surface area contributed by atoms with Gasteiger partial charge in [0.15, 0.2) is 5.58 Å². The number of nitrogens with zero attached hydrogens (tertiary/aromatic N) is 1. The third-order valence-electron chi connectivity index (χ3n) is 2.92. The first-order valence-electron chi connectivity index (χ1n) is 6.14. The molecule has 0 bridgehead atoms. The van der Waals surface area contributed by atoms with Gasteiger partial charge in [-0.3, -0.25) is 4.79 Å². The van der Waals surface area contributed by atoms with Gasteiger partial charge in [0.2, 0.25) is 0 Å². The maximum atomic E-state index is 12.3. The average Bonchev–Trinajstić information content (AvgIpc) is 2.82. The minimum atomic E-state index is -0.219. The Bertz CT molecular complexity index is 844. The zero-order valence-corrected chi connectivity index (χ0v) is 11.3. The minimum absolute atomic E-state index is 0.161. The first-order chi connectivity index (χ1) is 9.75. The molecule has 0 radical (unpaired) electrons. The Balaban J connectivity index is 1.99. The van der Waals surface area contributed by atoms with E-state index in [0.29, 0.717) is 11.1 Å². The van der Waals surface area contributed by atoms with Crippen molar-refractivity contribution in [3.8, 4) is 0 Å². The van der Waals surface area contributed by atoms with Gasteiger partial charge in [0.1, 0.15) is 0 Å². The van der Waals surface area contributed by atoms with Crippen LogP contribution in [0.15, 0.2) is 65.1 Å². The molecule has 1 aromatic heterocycles. The summed E-state index contributed by atoms with van der Waals surface area (Å²) in [4.78, 5) is 12.4. The molecule has 98 valence electrons. The third kappa shape index (κ3) is 2.33. The first-order valence-corrected chi connectivity index (χ1v) is 6.54. The number of hydrogen-bond donors (Lipinski definition) is 0. The molecule has 20 heavy (non-hydrogen) atoms. The van der Waals surface area contributed by atoms with E-state index in [-0.39, 0.29) is 10.7 Å². The minimum Gasteiger partial charge on any atom is -0.429 e. The van der Waals surface area contributed by atoms with E-state index >= 15 is 0 Å². The zero-order chi connectivity index (χ0) is 13.9. The van der Waals surface area contributed by atoms with Crippen molar-refractivity contribution in [3.05, 3.63) is 71.1 Å². The van der Waals surface area contributed by atoms with E-state index in [1.807, 2.05) is 48.5 Å². The highest BCUT2D eigenvalue weighted by Gasteiger charge is 2.10. The largest absolute Gasteiger partial charge is 0.429 e. The summed E-state index contributed by atoms with van der Waals surface area (Å²) in [5, 5.41) is 0. The number of benzene rings is 2. The van der Waals surface area contributed by atoms with Crippen molar-refractivity contribution in [2.45, 2.75) is 0 Å². The van der Waals surface area contributed by atoms with Crippen molar-refractivity contribution < 1.29 is 9.21 Å². The SMILES string of the molecule is O=C(/C=C/c1ccccc1)n1c(=S)oc2ccccc21. The van der Waals surface area contributed by atoms with Crippen LogP contribution in [0.2, 0.25) is 0 Å². The predicted octanol–water partition coefficient (Wildman–Crippen LogP) is 4.32. The van der Waals surface area contributed by atoms with Crippen LogP contribution in [0.4, 0.5) is 0 Å². The lowest BCUT2D eigenvalue weighted by molar-refractivity contribution is 0.0969. The van der Waals surface area contributed by atoms with Crippen molar-refractivity contribution in [1.29, 1.82) is 0 Å². The second kappa shape index (κ2) is 5.27. The molecule has 0 atom stereocenters. The van der Waals surface area contributed by atoms with Crippen LogP contribution in [-0.2, 0) is 0 Å². The summed E-state index contributed by atoms with van der Waals surface area (Å²) in [5.41, 5.74) is 2.25. The molecule has 0 unspecified atom stereocenters. The van der Waals surface area contributed by atoms with Gasteiger partial charge in [0, 0.05) is 6.08 Å². The van der Waals surface area contributed by atoms with Gasteiger partial charge in [-0.2, -0.15) is 0 Å². The maximum Gasteiger partial charge on any atom is 0.276 e. The molecule has 0 saturated heterocycles. The quantitative estimate of drug-likeness (QED) is 0.518. The molecule has 0 saturated carbocycles. The van der Waals surface area contributed by atoms with Crippen LogP contribution in [0.1, 0.15) is 10.4 Å². The van der Waals surface area contributed by atoms with Crippen LogP contribution >= 0.6 is 12.2 Å².